The second-order valence-electron chi connectivity index (χ2n) is 14.8. The van der Waals surface area contributed by atoms with Gasteiger partial charge in [0.05, 0.1) is 20.8 Å². The number of carbonyl (C=O) groups is 2. The zero-order valence-electron chi connectivity index (χ0n) is 29.6. The van der Waals surface area contributed by atoms with E-state index in [0.29, 0.717) is 48.6 Å². The molecule has 6 rings (SSSR count). The van der Waals surface area contributed by atoms with Crippen LogP contribution < -0.4 is 14.2 Å². The Morgan fingerprint density at radius 1 is 0.745 bits per heavy atom. The molecular weight excluding hydrogens is 592 g/mol. The molecule has 4 aliphatic rings. The molecule has 0 aromatic heterocycles. The number of piperidine rings is 2. The summed E-state index contributed by atoms with van der Waals surface area (Å²) in [6.07, 6.45) is 6.10. The van der Waals surface area contributed by atoms with Crippen LogP contribution in [0, 0.1) is 23.7 Å². The molecule has 0 amide bonds. The number of phenols is 1. The van der Waals surface area contributed by atoms with Crippen LogP contribution in [0.1, 0.15) is 101 Å². The van der Waals surface area contributed by atoms with E-state index in [0.717, 1.165) is 75.3 Å². The molecule has 0 saturated carbocycles. The first-order chi connectivity index (χ1) is 22.5. The smallest absolute Gasteiger partial charge is 0.161 e. The van der Waals surface area contributed by atoms with Crippen molar-refractivity contribution in [2.45, 2.75) is 91.6 Å². The number of carbonyl (C=O) groups excluding carboxylic acids is 2. The van der Waals surface area contributed by atoms with Gasteiger partial charge < -0.3 is 19.3 Å². The lowest BCUT2D eigenvalue weighted by molar-refractivity contribution is -0.130. The monoisotopic (exact) mass is 648 g/mol. The number of hydrogen-bond donors (Lipinski definition) is 1. The molecule has 2 fully saturated rings. The number of phenolic OH excluding ortho intramolecular Hbond substituents is 1. The number of benzene rings is 2. The first kappa shape index (κ1) is 35.2. The lowest BCUT2D eigenvalue weighted by Gasteiger charge is -2.43. The Morgan fingerprint density at radius 3 is 1.70 bits per heavy atom. The van der Waals surface area contributed by atoms with Crippen molar-refractivity contribution in [1.82, 2.24) is 9.80 Å². The van der Waals surface area contributed by atoms with Gasteiger partial charge in [0.1, 0.15) is 11.6 Å². The molecule has 8 nitrogen and oxygen atoms in total. The van der Waals surface area contributed by atoms with E-state index in [-0.39, 0.29) is 29.7 Å². The average molecular weight is 649 g/mol. The maximum Gasteiger partial charge on any atom is 0.161 e. The van der Waals surface area contributed by atoms with E-state index in [1.165, 1.54) is 16.7 Å². The van der Waals surface area contributed by atoms with Crippen LogP contribution in [-0.4, -0.2) is 73.5 Å². The van der Waals surface area contributed by atoms with Crippen LogP contribution in [0.2, 0.25) is 0 Å². The molecule has 8 heteroatoms. The van der Waals surface area contributed by atoms with Gasteiger partial charge in [-0.2, -0.15) is 0 Å². The van der Waals surface area contributed by atoms with E-state index < -0.39 is 0 Å². The van der Waals surface area contributed by atoms with Crippen molar-refractivity contribution in [2.75, 3.05) is 47.0 Å². The van der Waals surface area contributed by atoms with Gasteiger partial charge in [-0.25, -0.2) is 0 Å². The number of nitrogens with zero attached hydrogens (tertiary/aromatic N) is 2. The fourth-order valence-corrected chi connectivity index (χ4v) is 8.13. The Kier molecular flexibility index (Phi) is 11.5. The summed E-state index contributed by atoms with van der Waals surface area (Å²) in [5.41, 5.74) is 4.86. The first-order valence-corrected chi connectivity index (χ1v) is 17.8. The third-order valence-electron chi connectivity index (χ3n) is 10.4. The van der Waals surface area contributed by atoms with Crippen LogP contribution in [0.5, 0.6) is 23.0 Å². The SMILES string of the molecule is CCCOc1cc2c(cc1OC)CCN1CC(CC(C)C)C(=O)CC21.COc1cc2c(cc1O)C1CC(=O)C(CC(C)C)CN1CC2. The van der Waals surface area contributed by atoms with Gasteiger partial charge in [0.15, 0.2) is 23.0 Å². The predicted octanol–water partition coefficient (Wildman–Crippen LogP) is 6.95. The molecule has 0 bridgehead atoms. The molecule has 1 N–H and O–H groups in total. The molecule has 47 heavy (non-hydrogen) atoms. The zero-order valence-corrected chi connectivity index (χ0v) is 29.6. The molecule has 2 aromatic carbocycles. The van der Waals surface area contributed by atoms with E-state index in [2.05, 4.69) is 56.6 Å². The highest BCUT2D eigenvalue weighted by atomic mass is 16.5. The third kappa shape index (κ3) is 7.97. The van der Waals surface area contributed by atoms with Crippen molar-refractivity contribution < 1.29 is 28.9 Å². The van der Waals surface area contributed by atoms with Gasteiger partial charge in [-0.05, 0) is 90.5 Å². The molecule has 4 heterocycles. The molecule has 4 unspecified atom stereocenters. The Bertz CT molecular complexity index is 1420. The van der Waals surface area contributed by atoms with E-state index >= 15 is 0 Å². The van der Waals surface area contributed by atoms with Crippen molar-refractivity contribution in [3.8, 4) is 23.0 Å². The fourth-order valence-electron chi connectivity index (χ4n) is 8.13. The van der Waals surface area contributed by atoms with Gasteiger partial charge in [-0.15, -0.1) is 0 Å². The Balaban J connectivity index is 0.000000186. The second-order valence-corrected chi connectivity index (χ2v) is 14.8. The lowest BCUT2D eigenvalue weighted by Crippen LogP contribution is -2.46. The van der Waals surface area contributed by atoms with Crippen LogP contribution in [0.25, 0.3) is 0 Å². The Hall–Kier alpha value is -3.10. The molecule has 0 spiro atoms. The number of methoxy groups -OCH3 is 2. The topological polar surface area (TPSA) is 88.5 Å². The van der Waals surface area contributed by atoms with Crippen molar-refractivity contribution in [3.05, 3.63) is 46.5 Å². The number of hydrogen-bond acceptors (Lipinski definition) is 8. The summed E-state index contributed by atoms with van der Waals surface area (Å²) in [6, 6.07) is 8.28. The number of ketones is 2. The quantitative estimate of drug-likeness (QED) is 0.313. The molecule has 258 valence electrons. The van der Waals surface area contributed by atoms with Crippen LogP contribution in [0.4, 0.5) is 0 Å². The standard InChI is InChI=1S/C21H31NO3.C18H25NO3/c1-5-8-25-21-11-17-15(10-20(21)24-4)6-7-22-13-16(9-14(2)3)19(23)12-18(17)22;1-11(2)6-13-10-19-5-4-12-7-18(22-3)17(21)8-14(12)15(19)9-16(13)20/h10-11,14,16,18H,5-9,12-13H2,1-4H3;7-8,11,13,15,21H,4-6,9-10H2,1-3H3. The maximum absolute atomic E-state index is 12.7. The van der Waals surface area contributed by atoms with E-state index in [1.807, 2.05) is 6.07 Å². The molecule has 2 aromatic rings. The first-order valence-electron chi connectivity index (χ1n) is 17.8. The second kappa shape index (κ2) is 15.4. The lowest BCUT2D eigenvalue weighted by atomic mass is 9.80. The minimum Gasteiger partial charge on any atom is -0.504 e. The van der Waals surface area contributed by atoms with Crippen LogP contribution in [0.3, 0.4) is 0 Å². The van der Waals surface area contributed by atoms with Gasteiger partial charge in [-0.1, -0.05) is 34.6 Å². The van der Waals surface area contributed by atoms with Crippen molar-refractivity contribution in [1.29, 1.82) is 0 Å². The van der Waals surface area contributed by atoms with Gasteiger partial charge >= 0.3 is 0 Å². The Labute approximate surface area is 281 Å². The Morgan fingerprint density at radius 2 is 1.23 bits per heavy atom. The largest absolute Gasteiger partial charge is 0.504 e. The van der Waals surface area contributed by atoms with Gasteiger partial charge in [0.25, 0.3) is 0 Å². The number of ether oxygens (including phenoxy) is 3. The number of aromatic hydroxyl groups is 1. The van der Waals surface area contributed by atoms with Gasteiger partial charge in [0.2, 0.25) is 0 Å². The predicted molar refractivity (Wildman–Crippen MR) is 185 cm³/mol. The van der Waals surface area contributed by atoms with Crippen molar-refractivity contribution in [2.24, 2.45) is 23.7 Å². The highest BCUT2D eigenvalue weighted by Crippen LogP contribution is 2.44. The normalized spacial score (nSPS) is 24.1. The molecule has 0 radical (unpaired) electrons. The summed E-state index contributed by atoms with van der Waals surface area (Å²) in [5.74, 6) is 4.59. The third-order valence-corrected chi connectivity index (χ3v) is 10.4. The molecule has 0 aliphatic carbocycles. The van der Waals surface area contributed by atoms with Crippen LogP contribution in [-0.2, 0) is 22.4 Å². The van der Waals surface area contributed by atoms with E-state index in [4.69, 9.17) is 14.2 Å². The minimum atomic E-state index is 0.122. The summed E-state index contributed by atoms with van der Waals surface area (Å²) in [6.45, 7) is 15.3. The van der Waals surface area contributed by atoms with Gasteiger partial charge in [-0.3, -0.25) is 19.4 Å². The van der Waals surface area contributed by atoms with Gasteiger partial charge in [0, 0.05) is 62.9 Å². The summed E-state index contributed by atoms with van der Waals surface area (Å²) in [5, 5.41) is 10.1. The summed E-state index contributed by atoms with van der Waals surface area (Å²) in [4.78, 5) is 30.1. The summed E-state index contributed by atoms with van der Waals surface area (Å²) in [7, 11) is 3.26. The van der Waals surface area contributed by atoms with Crippen molar-refractivity contribution >= 4 is 11.6 Å². The number of Topliss-reactive ketones (excluding diaryl/α,β-unsaturated/α-hetero) is 2. The molecule has 2 saturated heterocycles. The minimum absolute atomic E-state index is 0.122. The number of fused-ring (bicyclic) bond motifs is 6. The van der Waals surface area contributed by atoms with E-state index in [9.17, 15) is 14.7 Å². The molecular formula is C39H56N2O6. The van der Waals surface area contributed by atoms with Crippen molar-refractivity contribution in [3.63, 3.8) is 0 Å². The number of rotatable bonds is 9. The molecule has 4 atom stereocenters. The average Bonchev–Trinajstić information content (AvgIpc) is 3.03. The highest BCUT2D eigenvalue weighted by Gasteiger charge is 2.40. The highest BCUT2D eigenvalue weighted by molar-refractivity contribution is 5.83. The molecule has 4 aliphatic heterocycles. The summed E-state index contributed by atoms with van der Waals surface area (Å²) < 4.78 is 16.6. The van der Waals surface area contributed by atoms with Crippen LogP contribution >= 0.6 is 0 Å². The summed E-state index contributed by atoms with van der Waals surface area (Å²) >= 11 is 0. The fraction of sp³-hybridized carbons (Fsp3) is 0.641. The van der Waals surface area contributed by atoms with E-state index in [1.54, 1.807) is 20.3 Å². The zero-order chi connectivity index (χ0) is 33.8. The maximum atomic E-state index is 12.7. The van der Waals surface area contributed by atoms with Crippen LogP contribution in [0.15, 0.2) is 24.3 Å².